The molecular formula is C15H20N2O3. The third-order valence-electron chi connectivity index (χ3n) is 4.03. The number of anilines is 1. The lowest BCUT2D eigenvalue weighted by Crippen LogP contribution is -2.45. The van der Waals surface area contributed by atoms with Gasteiger partial charge in [0.25, 0.3) is 5.91 Å². The number of aliphatic hydroxyl groups is 1. The van der Waals surface area contributed by atoms with Crippen LogP contribution in [-0.4, -0.2) is 30.3 Å². The van der Waals surface area contributed by atoms with E-state index in [1.54, 1.807) is 11.8 Å². The number of nitrogens with two attached hydrogens (primary N) is 1. The molecule has 2 atom stereocenters. The van der Waals surface area contributed by atoms with Crippen LogP contribution in [0.25, 0.3) is 0 Å². The molecule has 1 fully saturated rings. The lowest BCUT2D eigenvalue weighted by atomic mass is 10.0. The number of carbonyl (C=O) groups excluding carboxylic acids is 1. The van der Waals surface area contributed by atoms with Crippen LogP contribution in [0.4, 0.5) is 5.69 Å². The number of carbonyl (C=O) groups is 1. The predicted octanol–water partition coefficient (Wildman–Crippen LogP) is 1.20. The zero-order valence-electron chi connectivity index (χ0n) is 11.6. The summed E-state index contributed by atoms with van der Waals surface area (Å²) in [5, 5.41) is 9.17. The van der Waals surface area contributed by atoms with Crippen LogP contribution < -0.4 is 15.4 Å². The monoisotopic (exact) mass is 276 g/mol. The molecule has 1 aromatic carbocycles. The van der Waals surface area contributed by atoms with Crippen LogP contribution in [0.1, 0.15) is 31.4 Å². The summed E-state index contributed by atoms with van der Waals surface area (Å²) in [6.07, 6.45) is 1.83. The molecule has 1 aromatic rings. The zero-order chi connectivity index (χ0) is 14.3. The molecule has 1 heterocycles. The summed E-state index contributed by atoms with van der Waals surface area (Å²) in [4.78, 5) is 13.8. The SMILES string of the molecule is CC1Oc2ccc(C(N)C3CC3)cc2N(CCO)C1=O. The highest BCUT2D eigenvalue weighted by atomic mass is 16.5. The van der Waals surface area contributed by atoms with Crippen molar-refractivity contribution >= 4 is 11.6 Å². The van der Waals surface area contributed by atoms with Gasteiger partial charge >= 0.3 is 0 Å². The van der Waals surface area contributed by atoms with Crippen LogP contribution in [0.5, 0.6) is 5.75 Å². The normalized spacial score (nSPS) is 23.2. The summed E-state index contributed by atoms with van der Waals surface area (Å²) in [7, 11) is 0. The minimum Gasteiger partial charge on any atom is -0.479 e. The maximum absolute atomic E-state index is 12.2. The van der Waals surface area contributed by atoms with Gasteiger partial charge in [-0.2, -0.15) is 0 Å². The van der Waals surface area contributed by atoms with Gasteiger partial charge in [-0.05, 0) is 43.4 Å². The van der Waals surface area contributed by atoms with E-state index in [4.69, 9.17) is 15.6 Å². The van der Waals surface area contributed by atoms with Crippen LogP contribution in [0.2, 0.25) is 0 Å². The van der Waals surface area contributed by atoms with Crippen molar-refractivity contribution < 1.29 is 14.6 Å². The fourth-order valence-corrected chi connectivity index (χ4v) is 2.69. The van der Waals surface area contributed by atoms with Crippen LogP contribution in [-0.2, 0) is 4.79 Å². The summed E-state index contributed by atoms with van der Waals surface area (Å²) >= 11 is 0. The van der Waals surface area contributed by atoms with Gasteiger partial charge in [0.05, 0.1) is 12.3 Å². The predicted molar refractivity (Wildman–Crippen MR) is 75.6 cm³/mol. The van der Waals surface area contributed by atoms with Gasteiger partial charge in [-0.15, -0.1) is 0 Å². The fourth-order valence-electron chi connectivity index (χ4n) is 2.69. The minimum atomic E-state index is -0.517. The Morgan fingerprint density at radius 3 is 2.90 bits per heavy atom. The Kier molecular flexibility index (Phi) is 3.40. The van der Waals surface area contributed by atoms with Gasteiger partial charge in [-0.3, -0.25) is 4.79 Å². The number of fused-ring (bicyclic) bond motifs is 1. The number of hydrogen-bond donors (Lipinski definition) is 2. The molecule has 1 amide bonds. The van der Waals surface area contributed by atoms with Crippen molar-refractivity contribution in [2.24, 2.45) is 11.7 Å². The summed E-state index contributed by atoms with van der Waals surface area (Å²) in [6, 6.07) is 5.80. The molecule has 5 nitrogen and oxygen atoms in total. The first-order chi connectivity index (χ1) is 9.61. The van der Waals surface area contributed by atoms with E-state index in [0.717, 1.165) is 11.3 Å². The van der Waals surface area contributed by atoms with Crippen LogP contribution in [0, 0.1) is 5.92 Å². The Bertz CT molecular complexity index is 528. The molecule has 1 saturated carbocycles. The van der Waals surface area contributed by atoms with Crippen LogP contribution in [0.15, 0.2) is 18.2 Å². The number of rotatable bonds is 4. The molecule has 0 bridgehead atoms. The quantitative estimate of drug-likeness (QED) is 0.866. The maximum Gasteiger partial charge on any atom is 0.267 e. The van der Waals surface area contributed by atoms with E-state index in [-0.39, 0.29) is 25.1 Å². The van der Waals surface area contributed by atoms with Crippen molar-refractivity contribution in [3.05, 3.63) is 23.8 Å². The van der Waals surface area contributed by atoms with E-state index < -0.39 is 6.10 Å². The summed E-state index contributed by atoms with van der Waals surface area (Å²) in [5.41, 5.74) is 7.97. The number of ether oxygens (including phenoxy) is 1. The molecule has 2 aliphatic rings. The molecule has 3 rings (SSSR count). The summed E-state index contributed by atoms with van der Waals surface area (Å²) < 4.78 is 5.62. The van der Waals surface area contributed by atoms with Gasteiger partial charge in [0.1, 0.15) is 5.75 Å². The molecule has 3 N–H and O–H groups in total. The molecule has 108 valence electrons. The van der Waals surface area contributed by atoms with E-state index in [1.807, 2.05) is 18.2 Å². The Balaban J connectivity index is 1.96. The average molecular weight is 276 g/mol. The second-order valence-electron chi connectivity index (χ2n) is 5.56. The van der Waals surface area contributed by atoms with Crippen molar-refractivity contribution in [3.63, 3.8) is 0 Å². The second-order valence-corrected chi connectivity index (χ2v) is 5.56. The maximum atomic E-state index is 12.2. The van der Waals surface area contributed by atoms with Gasteiger partial charge < -0.3 is 20.5 Å². The molecular weight excluding hydrogens is 256 g/mol. The van der Waals surface area contributed by atoms with Gasteiger partial charge in [0.2, 0.25) is 0 Å². The summed E-state index contributed by atoms with van der Waals surface area (Å²) in [6.45, 7) is 1.93. The largest absolute Gasteiger partial charge is 0.479 e. The van der Waals surface area contributed by atoms with Crippen molar-refractivity contribution in [2.75, 3.05) is 18.1 Å². The van der Waals surface area contributed by atoms with E-state index >= 15 is 0 Å². The highest BCUT2D eigenvalue weighted by Gasteiger charge is 2.34. The molecule has 2 unspecified atom stereocenters. The number of amides is 1. The third kappa shape index (κ3) is 2.27. The number of β-amino-alcohol motifs (C(OH)–C–C–N with tert-alkyl or cyclic N) is 1. The Morgan fingerprint density at radius 2 is 2.25 bits per heavy atom. The van der Waals surface area contributed by atoms with Crippen molar-refractivity contribution in [1.29, 1.82) is 0 Å². The lowest BCUT2D eigenvalue weighted by molar-refractivity contribution is -0.125. The second kappa shape index (κ2) is 5.07. The topological polar surface area (TPSA) is 75.8 Å². The molecule has 1 aliphatic carbocycles. The first-order valence-electron chi connectivity index (χ1n) is 7.10. The molecule has 0 aromatic heterocycles. The van der Waals surface area contributed by atoms with Crippen molar-refractivity contribution in [1.82, 2.24) is 0 Å². The number of nitrogens with zero attached hydrogens (tertiary/aromatic N) is 1. The van der Waals surface area contributed by atoms with Crippen molar-refractivity contribution in [2.45, 2.75) is 31.9 Å². The van der Waals surface area contributed by atoms with E-state index in [1.165, 1.54) is 12.8 Å². The lowest BCUT2D eigenvalue weighted by Gasteiger charge is -2.33. The first-order valence-corrected chi connectivity index (χ1v) is 7.10. The first kappa shape index (κ1) is 13.4. The van der Waals surface area contributed by atoms with E-state index in [0.29, 0.717) is 11.7 Å². The van der Waals surface area contributed by atoms with Gasteiger partial charge in [0, 0.05) is 12.6 Å². The molecule has 5 heteroatoms. The van der Waals surface area contributed by atoms with Crippen LogP contribution >= 0.6 is 0 Å². The van der Waals surface area contributed by atoms with Gasteiger partial charge in [-0.25, -0.2) is 0 Å². The van der Waals surface area contributed by atoms with E-state index in [2.05, 4.69) is 0 Å². The van der Waals surface area contributed by atoms with Crippen LogP contribution in [0.3, 0.4) is 0 Å². The van der Waals surface area contributed by atoms with Gasteiger partial charge in [0.15, 0.2) is 6.10 Å². The number of hydrogen-bond acceptors (Lipinski definition) is 4. The third-order valence-corrected chi connectivity index (χ3v) is 4.03. The molecule has 1 aliphatic heterocycles. The number of aliphatic hydroxyl groups excluding tert-OH is 1. The Morgan fingerprint density at radius 1 is 1.50 bits per heavy atom. The fraction of sp³-hybridized carbons (Fsp3) is 0.533. The standard InChI is InChI=1S/C15H20N2O3/c1-9-15(19)17(6-7-18)12-8-11(4-5-13(12)20-9)14(16)10-2-3-10/h4-5,8-10,14,18H,2-3,6-7,16H2,1H3. The van der Waals surface area contributed by atoms with Crippen molar-refractivity contribution in [3.8, 4) is 5.75 Å². The number of benzene rings is 1. The smallest absolute Gasteiger partial charge is 0.267 e. The highest BCUT2D eigenvalue weighted by molar-refractivity contribution is 5.99. The molecule has 0 spiro atoms. The Labute approximate surface area is 118 Å². The highest BCUT2D eigenvalue weighted by Crippen LogP contribution is 2.42. The summed E-state index contributed by atoms with van der Waals surface area (Å²) in [5.74, 6) is 1.11. The van der Waals surface area contributed by atoms with Gasteiger partial charge in [-0.1, -0.05) is 6.07 Å². The van der Waals surface area contributed by atoms with E-state index in [9.17, 15) is 4.79 Å². The molecule has 0 radical (unpaired) electrons. The Hall–Kier alpha value is -1.59. The zero-order valence-corrected chi connectivity index (χ0v) is 11.6. The minimum absolute atomic E-state index is 0.0192. The molecule has 0 saturated heterocycles. The average Bonchev–Trinajstić information content (AvgIpc) is 3.27. The molecule has 20 heavy (non-hydrogen) atoms.